The molecule has 1 atom stereocenters. The van der Waals surface area contributed by atoms with Crippen LogP contribution in [0.5, 0.6) is 0 Å². The van der Waals surface area contributed by atoms with E-state index in [1.165, 1.54) is 12.1 Å². The molecule has 1 fully saturated rings. The van der Waals surface area contributed by atoms with Gasteiger partial charge in [-0.05, 0) is 37.1 Å². The number of carbonyl (C=O) groups is 1. The number of rotatable bonds is 2. The number of benzene rings is 1. The molecule has 18 heavy (non-hydrogen) atoms. The molecule has 2 rings (SSSR count). The summed E-state index contributed by atoms with van der Waals surface area (Å²) in [5, 5.41) is 0. The first-order valence-corrected chi connectivity index (χ1v) is 7.36. The van der Waals surface area contributed by atoms with Crippen molar-refractivity contribution in [3.8, 4) is 0 Å². The predicted molar refractivity (Wildman–Crippen MR) is 63.6 cm³/mol. The molecule has 1 aliphatic rings. The standard InChI is InChI=1S/C12H13FO4S/c1-8-4-9(6-10(13)5-8)12(14)17-11-2-3-18(15,16)7-11/h4-6,11H,2-3,7H2,1H3/t11-/m1/s1. The van der Waals surface area contributed by atoms with Crippen LogP contribution in [0.4, 0.5) is 4.39 Å². The maximum absolute atomic E-state index is 13.1. The second kappa shape index (κ2) is 4.68. The lowest BCUT2D eigenvalue weighted by Crippen LogP contribution is -2.19. The maximum atomic E-state index is 13.1. The van der Waals surface area contributed by atoms with E-state index in [-0.39, 0.29) is 17.1 Å². The Labute approximate surface area is 105 Å². The van der Waals surface area contributed by atoms with Gasteiger partial charge in [-0.15, -0.1) is 0 Å². The number of ether oxygens (including phenoxy) is 1. The molecule has 0 bridgehead atoms. The van der Waals surface area contributed by atoms with Crippen molar-refractivity contribution in [2.45, 2.75) is 19.4 Å². The topological polar surface area (TPSA) is 60.4 Å². The van der Waals surface area contributed by atoms with E-state index in [1.54, 1.807) is 6.92 Å². The number of halogens is 1. The van der Waals surface area contributed by atoms with E-state index >= 15 is 0 Å². The van der Waals surface area contributed by atoms with Crippen molar-refractivity contribution in [3.63, 3.8) is 0 Å². The van der Waals surface area contributed by atoms with Gasteiger partial charge in [0.25, 0.3) is 0 Å². The highest BCUT2D eigenvalue weighted by Gasteiger charge is 2.31. The van der Waals surface area contributed by atoms with E-state index in [0.29, 0.717) is 12.0 Å². The molecule has 6 heteroatoms. The van der Waals surface area contributed by atoms with Crippen molar-refractivity contribution in [1.29, 1.82) is 0 Å². The minimum atomic E-state index is -3.09. The van der Waals surface area contributed by atoms with Crippen LogP contribution in [-0.2, 0) is 14.6 Å². The SMILES string of the molecule is Cc1cc(F)cc(C(=O)O[C@@H]2CCS(=O)(=O)C2)c1. The molecular weight excluding hydrogens is 259 g/mol. The Balaban J connectivity index is 2.08. The number of hydrogen-bond acceptors (Lipinski definition) is 4. The first-order valence-electron chi connectivity index (χ1n) is 5.54. The lowest BCUT2D eigenvalue weighted by Gasteiger charge is -2.10. The highest BCUT2D eigenvalue weighted by atomic mass is 32.2. The van der Waals surface area contributed by atoms with E-state index in [1.807, 2.05) is 0 Å². The van der Waals surface area contributed by atoms with Gasteiger partial charge >= 0.3 is 5.97 Å². The van der Waals surface area contributed by atoms with Crippen LogP contribution in [0, 0.1) is 12.7 Å². The number of sulfone groups is 1. The normalized spacial score (nSPS) is 21.8. The molecule has 0 aliphatic carbocycles. The van der Waals surface area contributed by atoms with Gasteiger partial charge in [-0.1, -0.05) is 0 Å². The minimum Gasteiger partial charge on any atom is -0.458 e. The molecule has 1 saturated heterocycles. The number of hydrogen-bond donors (Lipinski definition) is 0. The summed E-state index contributed by atoms with van der Waals surface area (Å²) in [6.07, 6.45) is -0.311. The van der Waals surface area contributed by atoms with Crippen LogP contribution in [0.1, 0.15) is 22.3 Å². The quantitative estimate of drug-likeness (QED) is 0.765. The summed E-state index contributed by atoms with van der Waals surface area (Å²) in [7, 11) is -3.09. The number of aryl methyl sites for hydroxylation is 1. The first-order chi connectivity index (χ1) is 8.35. The van der Waals surface area contributed by atoms with E-state index in [4.69, 9.17) is 4.74 Å². The third-order valence-corrected chi connectivity index (χ3v) is 4.48. The van der Waals surface area contributed by atoms with Crippen molar-refractivity contribution >= 4 is 15.8 Å². The van der Waals surface area contributed by atoms with Crippen LogP contribution in [0.25, 0.3) is 0 Å². The van der Waals surface area contributed by atoms with Crippen molar-refractivity contribution in [2.75, 3.05) is 11.5 Å². The summed E-state index contributed by atoms with van der Waals surface area (Å²) in [4.78, 5) is 11.7. The molecule has 0 spiro atoms. The fraction of sp³-hybridized carbons (Fsp3) is 0.417. The molecule has 0 N–H and O–H groups in total. The lowest BCUT2D eigenvalue weighted by atomic mass is 10.1. The lowest BCUT2D eigenvalue weighted by molar-refractivity contribution is 0.0355. The number of esters is 1. The van der Waals surface area contributed by atoms with Gasteiger partial charge in [0, 0.05) is 0 Å². The summed E-state index contributed by atoms with van der Waals surface area (Å²) in [5.74, 6) is -1.30. The molecule has 0 radical (unpaired) electrons. The summed E-state index contributed by atoms with van der Waals surface area (Å²) in [5.41, 5.74) is 0.720. The van der Waals surface area contributed by atoms with Crippen molar-refractivity contribution < 1.29 is 22.3 Å². The number of carbonyl (C=O) groups excluding carboxylic acids is 1. The van der Waals surface area contributed by atoms with Gasteiger partial charge < -0.3 is 4.74 Å². The average Bonchev–Trinajstić information content (AvgIpc) is 2.56. The van der Waals surface area contributed by atoms with Crippen LogP contribution in [-0.4, -0.2) is 32.0 Å². The molecule has 98 valence electrons. The minimum absolute atomic E-state index is 0.0348. The Morgan fingerprint density at radius 3 is 2.67 bits per heavy atom. The van der Waals surface area contributed by atoms with E-state index in [0.717, 1.165) is 6.07 Å². The molecule has 1 aromatic rings. The Kier molecular flexibility index (Phi) is 3.38. The van der Waals surface area contributed by atoms with Gasteiger partial charge in [0.05, 0.1) is 17.1 Å². The first kappa shape index (κ1) is 13.0. The Morgan fingerprint density at radius 1 is 1.39 bits per heavy atom. The van der Waals surface area contributed by atoms with Gasteiger partial charge in [-0.3, -0.25) is 0 Å². The van der Waals surface area contributed by atoms with Gasteiger partial charge in [-0.25, -0.2) is 17.6 Å². The van der Waals surface area contributed by atoms with Gasteiger partial charge in [0.1, 0.15) is 11.9 Å². The van der Waals surface area contributed by atoms with Gasteiger partial charge in [0.15, 0.2) is 9.84 Å². The molecule has 4 nitrogen and oxygen atoms in total. The monoisotopic (exact) mass is 272 g/mol. The zero-order valence-corrected chi connectivity index (χ0v) is 10.7. The largest absolute Gasteiger partial charge is 0.458 e. The second-order valence-corrected chi connectivity index (χ2v) is 6.68. The third kappa shape index (κ3) is 3.07. The second-order valence-electron chi connectivity index (χ2n) is 4.45. The highest BCUT2D eigenvalue weighted by Crippen LogP contribution is 2.17. The Bertz CT molecular complexity index is 559. The zero-order chi connectivity index (χ0) is 13.3. The zero-order valence-electron chi connectivity index (χ0n) is 9.85. The fourth-order valence-corrected chi connectivity index (χ4v) is 3.52. The summed E-state index contributed by atoms with van der Waals surface area (Å²) in [6, 6.07) is 3.89. The van der Waals surface area contributed by atoms with Crippen LogP contribution in [0.3, 0.4) is 0 Å². The average molecular weight is 272 g/mol. The van der Waals surface area contributed by atoms with E-state index in [9.17, 15) is 17.6 Å². The molecule has 1 heterocycles. The fourth-order valence-electron chi connectivity index (χ4n) is 1.93. The van der Waals surface area contributed by atoms with Crippen LogP contribution in [0.15, 0.2) is 18.2 Å². The molecule has 1 aromatic carbocycles. The van der Waals surface area contributed by atoms with Crippen LogP contribution < -0.4 is 0 Å². The van der Waals surface area contributed by atoms with Crippen LogP contribution in [0.2, 0.25) is 0 Å². The van der Waals surface area contributed by atoms with E-state index < -0.39 is 27.7 Å². The van der Waals surface area contributed by atoms with E-state index in [2.05, 4.69) is 0 Å². The van der Waals surface area contributed by atoms with Crippen LogP contribution >= 0.6 is 0 Å². The molecule has 0 amide bonds. The molecular formula is C12H13FO4S. The van der Waals surface area contributed by atoms with Crippen molar-refractivity contribution in [1.82, 2.24) is 0 Å². The summed E-state index contributed by atoms with van der Waals surface area (Å²) in [6.45, 7) is 1.67. The van der Waals surface area contributed by atoms with Gasteiger partial charge in [-0.2, -0.15) is 0 Å². The summed E-state index contributed by atoms with van der Waals surface area (Å²) < 4.78 is 40.6. The van der Waals surface area contributed by atoms with Crippen molar-refractivity contribution in [2.24, 2.45) is 0 Å². The maximum Gasteiger partial charge on any atom is 0.338 e. The predicted octanol–water partition coefficient (Wildman–Crippen LogP) is 1.48. The Morgan fingerprint density at radius 2 is 2.11 bits per heavy atom. The summed E-state index contributed by atoms with van der Waals surface area (Å²) >= 11 is 0. The van der Waals surface area contributed by atoms with Gasteiger partial charge in [0.2, 0.25) is 0 Å². The molecule has 1 aliphatic heterocycles. The molecule has 0 saturated carbocycles. The third-order valence-electron chi connectivity index (χ3n) is 2.74. The molecule has 0 unspecified atom stereocenters. The van der Waals surface area contributed by atoms with Crippen molar-refractivity contribution in [3.05, 3.63) is 35.1 Å². The smallest absolute Gasteiger partial charge is 0.338 e. The highest BCUT2D eigenvalue weighted by molar-refractivity contribution is 7.91. The molecule has 0 aromatic heterocycles. The Hall–Kier alpha value is -1.43.